The van der Waals surface area contributed by atoms with Crippen LogP contribution in [-0.4, -0.2) is 75.4 Å². The number of unbranched alkanes of at least 4 members (excludes halogenated alkanes) is 6. The lowest BCUT2D eigenvalue weighted by Crippen LogP contribution is -2.31. The van der Waals surface area contributed by atoms with E-state index in [0.717, 1.165) is 64.8 Å². The van der Waals surface area contributed by atoms with E-state index in [1.54, 1.807) is 12.2 Å². The Labute approximate surface area is 171 Å². The van der Waals surface area contributed by atoms with Crippen LogP contribution in [-0.2, 0) is 9.59 Å². The summed E-state index contributed by atoms with van der Waals surface area (Å²) in [6.45, 7) is 12.2. The summed E-state index contributed by atoms with van der Waals surface area (Å²) >= 11 is 0. The number of nitrogens with zero attached hydrogens (tertiary/aromatic N) is 5. The first kappa shape index (κ1) is 24.4. The SMILES string of the molecule is C[Si](C)(C)N=C1CN(CCCCCCN=C=O)CN1CCCCCCN=C=O. The van der Waals surface area contributed by atoms with Gasteiger partial charge in [-0.2, -0.15) is 0 Å². The van der Waals surface area contributed by atoms with E-state index in [2.05, 4.69) is 39.4 Å². The summed E-state index contributed by atoms with van der Waals surface area (Å²) in [5.74, 6) is 1.27. The van der Waals surface area contributed by atoms with Crippen molar-refractivity contribution in [3.8, 4) is 0 Å². The summed E-state index contributed by atoms with van der Waals surface area (Å²) in [6, 6.07) is 0. The first-order valence-electron chi connectivity index (χ1n) is 10.6. The Morgan fingerprint density at radius 3 is 1.89 bits per heavy atom. The van der Waals surface area contributed by atoms with Crippen molar-refractivity contribution in [1.29, 1.82) is 0 Å². The molecule has 0 saturated carbocycles. The van der Waals surface area contributed by atoms with Crippen molar-refractivity contribution in [2.24, 2.45) is 14.6 Å². The lowest BCUT2D eigenvalue weighted by molar-refractivity contribution is 0.253. The van der Waals surface area contributed by atoms with Crippen LogP contribution in [0.3, 0.4) is 0 Å². The molecule has 7 nitrogen and oxygen atoms in total. The third-order valence-electron chi connectivity index (χ3n) is 4.64. The average Bonchev–Trinajstić information content (AvgIpc) is 3.00. The molecular weight excluding hydrogens is 370 g/mol. The Bertz CT molecular complexity index is 563. The Hall–Kier alpha value is -1.59. The number of aliphatic imine (C=N–C) groups is 2. The van der Waals surface area contributed by atoms with Gasteiger partial charge in [-0.05, 0) is 45.3 Å². The Morgan fingerprint density at radius 1 is 0.821 bits per heavy atom. The molecule has 158 valence electrons. The van der Waals surface area contributed by atoms with Crippen LogP contribution in [0.4, 0.5) is 0 Å². The van der Waals surface area contributed by atoms with E-state index in [0.29, 0.717) is 13.1 Å². The minimum Gasteiger partial charge on any atom is -0.347 e. The second kappa shape index (κ2) is 14.4. The van der Waals surface area contributed by atoms with Gasteiger partial charge < -0.3 is 9.56 Å². The van der Waals surface area contributed by atoms with Crippen molar-refractivity contribution >= 4 is 26.2 Å². The molecule has 0 amide bonds. The Balaban J connectivity index is 2.36. The molecule has 1 fully saturated rings. The van der Waals surface area contributed by atoms with Crippen molar-refractivity contribution < 1.29 is 9.59 Å². The van der Waals surface area contributed by atoms with Gasteiger partial charge in [0.15, 0.2) is 8.24 Å². The van der Waals surface area contributed by atoms with Crippen LogP contribution in [0.5, 0.6) is 0 Å². The molecule has 0 atom stereocenters. The van der Waals surface area contributed by atoms with Crippen molar-refractivity contribution in [3.63, 3.8) is 0 Å². The summed E-state index contributed by atoms with van der Waals surface area (Å²) < 4.78 is 5.09. The van der Waals surface area contributed by atoms with Crippen LogP contribution >= 0.6 is 0 Å². The van der Waals surface area contributed by atoms with Crippen molar-refractivity contribution in [2.45, 2.75) is 71.0 Å². The highest BCUT2D eigenvalue weighted by Gasteiger charge is 2.26. The van der Waals surface area contributed by atoms with E-state index >= 15 is 0 Å². The molecule has 0 spiro atoms. The minimum atomic E-state index is -1.49. The largest absolute Gasteiger partial charge is 0.347 e. The molecule has 0 aromatic carbocycles. The molecule has 1 heterocycles. The number of carbonyl (C=O) groups excluding carboxylic acids is 2. The highest BCUT2D eigenvalue weighted by Crippen LogP contribution is 2.15. The van der Waals surface area contributed by atoms with Gasteiger partial charge in [-0.1, -0.05) is 25.7 Å². The topological polar surface area (TPSA) is 77.7 Å². The van der Waals surface area contributed by atoms with E-state index in [9.17, 15) is 9.59 Å². The van der Waals surface area contributed by atoms with Gasteiger partial charge in [-0.25, -0.2) is 19.6 Å². The maximum atomic E-state index is 10.1. The van der Waals surface area contributed by atoms with Gasteiger partial charge in [0, 0.05) is 13.1 Å². The average molecular weight is 408 g/mol. The molecule has 1 saturated heterocycles. The molecular formula is C20H37N5O2Si. The molecule has 0 bridgehead atoms. The summed E-state index contributed by atoms with van der Waals surface area (Å²) in [4.78, 5) is 32.3. The molecule has 1 aliphatic rings. The van der Waals surface area contributed by atoms with E-state index in [1.807, 2.05) is 0 Å². The smallest absolute Gasteiger partial charge is 0.234 e. The quantitative estimate of drug-likeness (QED) is 0.180. The first-order chi connectivity index (χ1) is 13.5. The molecule has 1 aliphatic heterocycles. The number of isocyanates is 2. The first-order valence-corrected chi connectivity index (χ1v) is 14.0. The lowest BCUT2D eigenvalue weighted by atomic mass is 10.2. The van der Waals surface area contributed by atoms with Crippen LogP contribution in [0.25, 0.3) is 0 Å². The van der Waals surface area contributed by atoms with Gasteiger partial charge in [0.05, 0.1) is 26.3 Å². The molecule has 0 unspecified atom stereocenters. The van der Waals surface area contributed by atoms with E-state index in [1.165, 1.54) is 18.7 Å². The van der Waals surface area contributed by atoms with Gasteiger partial charge >= 0.3 is 0 Å². The van der Waals surface area contributed by atoms with Gasteiger partial charge in [-0.3, -0.25) is 4.90 Å². The molecule has 0 N–H and O–H groups in total. The standard InChI is InChI=1S/C20H37N5O2Si/c1-28(2,3)23-20-16-24(14-10-6-4-8-12-21-17-26)19-25(20)15-11-7-5-9-13-22-18-27/h4-16,19H2,1-3H3. The number of hydrogen-bond acceptors (Lipinski definition) is 6. The van der Waals surface area contributed by atoms with Crippen molar-refractivity contribution in [1.82, 2.24) is 9.80 Å². The number of amidine groups is 1. The molecule has 0 radical (unpaired) electrons. The van der Waals surface area contributed by atoms with E-state index in [4.69, 9.17) is 4.66 Å². The van der Waals surface area contributed by atoms with Gasteiger partial charge in [0.1, 0.15) is 5.84 Å². The zero-order valence-electron chi connectivity index (χ0n) is 18.0. The summed E-state index contributed by atoms with van der Waals surface area (Å²) in [5.41, 5.74) is 0. The fourth-order valence-electron chi connectivity index (χ4n) is 3.33. The summed E-state index contributed by atoms with van der Waals surface area (Å²) in [5, 5.41) is 0. The van der Waals surface area contributed by atoms with Crippen LogP contribution in [0, 0.1) is 0 Å². The highest BCUT2D eigenvalue weighted by molar-refractivity contribution is 6.75. The third kappa shape index (κ3) is 12.0. The van der Waals surface area contributed by atoms with Gasteiger partial charge in [-0.15, -0.1) is 0 Å². The maximum Gasteiger partial charge on any atom is 0.234 e. The van der Waals surface area contributed by atoms with Crippen molar-refractivity contribution in [2.75, 3.05) is 39.4 Å². The predicted octanol–water partition coefficient (Wildman–Crippen LogP) is 3.59. The van der Waals surface area contributed by atoms with Crippen LogP contribution in [0.2, 0.25) is 19.6 Å². The lowest BCUT2D eigenvalue weighted by Gasteiger charge is -2.21. The van der Waals surface area contributed by atoms with Crippen molar-refractivity contribution in [3.05, 3.63) is 0 Å². The number of hydrogen-bond donors (Lipinski definition) is 0. The predicted molar refractivity (Wildman–Crippen MR) is 117 cm³/mol. The summed E-state index contributed by atoms with van der Waals surface area (Å²) in [6.07, 6.45) is 12.0. The number of rotatable bonds is 15. The molecule has 0 aromatic rings. The fraction of sp³-hybridized carbons (Fsp3) is 0.850. The molecule has 8 heteroatoms. The Kier molecular flexibility index (Phi) is 12.6. The molecule has 1 rings (SSSR count). The molecule has 28 heavy (non-hydrogen) atoms. The fourth-order valence-corrected chi connectivity index (χ4v) is 4.32. The van der Waals surface area contributed by atoms with Crippen LogP contribution in [0.1, 0.15) is 51.4 Å². The normalized spacial score (nSPS) is 16.2. The summed E-state index contributed by atoms with van der Waals surface area (Å²) in [7, 11) is -1.49. The van der Waals surface area contributed by atoms with Gasteiger partial charge in [0.25, 0.3) is 0 Å². The Morgan fingerprint density at radius 2 is 1.36 bits per heavy atom. The second-order valence-electron chi connectivity index (χ2n) is 8.43. The van der Waals surface area contributed by atoms with Crippen LogP contribution in [0.15, 0.2) is 14.6 Å². The molecule has 0 aromatic heterocycles. The second-order valence-corrected chi connectivity index (χ2v) is 13.0. The van der Waals surface area contributed by atoms with E-state index in [-0.39, 0.29) is 0 Å². The maximum absolute atomic E-state index is 10.1. The third-order valence-corrected chi connectivity index (χ3v) is 5.57. The minimum absolute atomic E-state index is 0.602. The van der Waals surface area contributed by atoms with Crippen LogP contribution < -0.4 is 0 Å². The van der Waals surface area contributed by atoms with E-state index < -0.39 is 8.24 Å². The molecule has 0 aliphatic carbocycles. The highest BCUT2D eigenvalue weighted by atomic mass is 28.3. The van der Waals surface area contributed by atoms with Gasteiger partial charge in [0.2, 0.25) is 12.2 Å². The monoisotopic (exact) mass is 407 g/mol. The zero-order chi connectivity index (χ0) is 20.7. The zero-order valence-corrected chi connectivity index (χ0v) is 19.0.